The second-order valence-corrected chi connectivity index (χ2v) is 3.62. The molecule has 0 saturated heterocycles. The maximum Gasteiger partial charge on any atom is 0.426 e. The summed E-state index contributed by atoms with van der Waals surface area (Å²) >= 11 is 0. The van der Waals surface area contributed by atoms with E-state index in [4.69, 9.17) is 5.11 Å². The normalized spacial score (nSPS) is 12.8. The van der Waals surface area contributed by atoms with Crippen LogP contribution < -0.4 is 4.74 Å². The summed E-state index contributed by atoms with van der Waals surface area (Å²) in [6, 6.07) is 1.75. The van der Waals surface area contributed by atoms with Gasteiger partial charge in [-0.3, -0.25) is 14.9 Å². The molecule has 1 aromatic rings. The van der Waals surface area contributed by atoms with Crippen LogP contribution in [0.25, 0.3) is 0 Å². The van der Waals surface area contributed by atoms with Crippen molar-refractivity contribution in [3.05, 3.63) is 34.1 Å². The molecular formula is C10H7F4NO5. The van der Waals surface area contributed by atoms with Crippen molar-refractivity contribution in [2.24, 2.45) is 0 Å². The van der Waals surface area contributed by atoms with Crippen molar-refractivity contribution < 1.29 is 37.1 Å². The van der Waals surface area contributed by atoms with Gasteiger partial charge in [-0.1, -0.05) is 0 Å². The van der Waals surface area contributed by atoms with E-state index in [0.717, 1.165) is 6.07 Å². The van der Waals surface area contributed by atoms with Gasteiger partial charge in [0, 0.05) is 6.07 Å². The Morgan fingerprint density at radius 3 is 2.45 bits per heavy atom. The van der Waals surface area contributed by atoms with E-state index >= 15 is 0 Å². The third kappa shape index (κ3) is 4.07. The molecule has 0 fully saturated rings. The highest BCUT2D eigenvalue weighted by molar-refractivity contribution is 5.67. The lowest BCUT2D eigenvalue weighted by Gasteiger charge is -2.20. The van der Waals surface area contributed by atoms with Crippen molar-refractivity contribution in [3.63, 3.8) is 0 Å². The first-order valence-corrected chi connectivity index (χ1v) is 5.00. The molecule has 0 saturated carbocycles. The fourth-order valence-corrected chi connectivity index (χ4v) is 1.23. The number of alkyl halides is 3. The van der Waals surface area contributed by atoms with Gasteiger partial charge in [0.1, 0.15) is 0 Å². The summed E-state index contributed by atoms with van der Waals surface area (Å²) in [5, 5.41) is 18.7. The minimum atomic E-state index is -5.02. The fourth-order valence-electron chi connectivity index (χ4n) is 1.23. The fraction of sp³-hybridized carbons (Fsp3) is 0.300. The zero-order valence-corrected chi connectivity index (χ0v) is 9.56. The zero-order valence-electron chi connectivity index (χ0n) is 9.56. The number of nitro groups is 1. The van der Waals surface area contributed by atoms with Gasteiger partial charge in [-0.2, -0.15) is 13.2 Å². The Morgan fingerprint density at radius 1 is 1.45 bits per heavy atom. The van der Waals surface area contributed by atoms with E-state index < -0.39 is 46.8 Å². The molecule has 20 heavy (non-hydrogen) atoms. The van der Waals surface area contributed by atoms with E-state index in [1.54, 1.807) is 0 Å². The Balaban J connectivity index is 3.00. The third-order valence-electron chi connectivity index (χ3n) is 2.12. The van der Waals surface area contributed by atoms with Crippen LogP contribution in [0.4, 0.5) is 23.2 Å². The number of halogens is 4. The minimum Gasteiger partial charge on any atom is -0.481 e. The van der Waals surface area contributed by atoms with Crippen molar-refractivity contribution in [1.82, 2.24) is 0 Å². The molecule has 0 aliphatic heterocycles. The SMILES string of the molecule is O=C(O)CC(Oc1ccc([N+](=O)[O-])cc1F)C(F)(F)F. The number of ether oxygens (including phenoxy) is 1. The molecule has 0 aromatic heterocycles. The Kier molecular flexibility index (Phi) is 4.48. The summed E-state index contributed by atoms with van der Waals surface area (Å²) in [7, 11) is 0. The molecule has 1 rings (SSSR count). The van der Waals surface area contributed by atoms with E-state index in [9.17, 15) is 32.5 Å². The molecule has 1 aromatic carbocycles. The van der Waals surface area contributed by atoms with Gasteiger partial charge in [0.15, 0.2) is 11.6 Å². The van der Waals surface area contributed by atoms with Gasteiger partial charge in [0.05, 0.1) is 17.4 Å². The van der Waals surface area contributed by atoms with Crippen LogP contribution in [0.15, 0.2) is 18.2 Å². The van der Waals surface area contributed by atoms with E-state index in [1.807, 2.05) is 0 Å². The van der Waals surface area contributed by atoms with Crippen molar-refractivity contribution in [2.75, 3.05) is 0 Å². The highest BCUT2D eigenvalue weighted by atomic mass is 19.4. The van der Waals surface area contributed by atoms with Gasteiger partial charge in [-0.15, -0.1) is 0 Å². The maximum atomic E-state index is 13.4. The standard InChI is InChI=1S/C10H7F4NO5/c11-6-3-5(15(18)19)1-2-7(6)20-8(4-9(16)17)10(12,13)14/h1-3,8H,4H2,(H,16,17). The van der Waals surface area contributed by atoms with Gasteiger partial charge in [0.2, 0.25) is 6.10 Å². The largest absolute Gasteiger partial charge is 0.481 e. The number of carboxylic acids is 1. The molecule has 6 nitrogen and oxygen atoms in total. The van der Waals surface area contributed by atoms with Crippen LogP contribution in [0.3, 0.4) is 0 Å². The lowest BCUT2D eigenvalue weighted by Crippen LogP contribution is -2.36. The number of rotatable bonds is 5. The lowest BCUT2D eigenvalue weighted by molar-refractivity contribution is -0.385. The average Bonchev–Trinajstić information content (AvgIpc) is 2.28. The van der Waals surface area contributed by atoms with Gasteiger partial charge in [0.25, 0.3) is 5.69 Å². The quantitative estimate of drug-likeness (QED) is 0.512. The molecule has 0 aliphatic rings. The van der Waals surface area contributed by atoms with E-state index in [-0.39, 0.29) is 0 Å². The molecule has 0 aliphatic carbocycles. The van der Waals surface area contributed by atoms with Crippen LogP contribution in [0.1, 0.15) is 6.42 Å². The predicted molar refractivity (Wildman–Crippen MR) is 55.8 cm³/mol. The Hall–Kier alpha value is -2.39. The van der Waals surface area contributed by atoms with Crippen LogP contribution in [-0.4, -0.2) is 28.3 Å². The number of hydrogen-bond acceptors (Lipinski definition) is 4. The first kappa shape index (κ1) is 15.7. The van der Waals surface area contributed by atoms with Gasteiger partial charge < -0.3 is 9.84 Å². The number of carboxylic acid groups (broad SMARTS) is 1. The summed E-state index contributed by atoms with van der Waals surface area (Å²) in [4.78, 5) is 19.7. The summed E-state index contributed by atoms with van der Waals surface area (Å²) in [6.07, 6.45) is -9.19. The monoisotopic (exact) mass is 297 g/mol. The number of benzene rings is 1. The molecule has 0 bridgehead atoms. The van der Waals surface area contributed by atoms with Crippen molar-refractivity contribution in [1.29, 1.82) is 0 Å². The van der Waals surface area contributed by atoms with Gasteiger partial charge in [-0.25, -0.2) is 4.39 Å². The van der Waals surface area contributed by atoms with Gasteiger partial charge >= 0.3 is 12.1 Å². The zero-order chi connectivity index (χ0) is 15.5. The first-order chi connectivity index (χ1) is 9.11. The van der Waals surface area contributed by atoms with Crippen molar-refractivity contribution in [3.8, 4) is 5.75 Å². The smallest absolute Gasteiger partial charge is 0.426 e. The number of non-ortho nitro benzene ring substituents is 1. The number of hydrogen-bond donors (Lipinski definition) is 1. The van der Waals surface area contributed by atoms with E-state index in [1.165, 1.54) is 0 Å². The summed E-state index contributed by atoms with van der Waals surface area (Å²) < 4.78 is 55.1. The maximum absolute atomic E-state index is 13.4. The van der Waals surface area contributed by atoms with Crippen LogP contribution in [0.5, 0.6) is 5.75 Å². The Labute approximate surface area is 108 Å². The lowest BCUT2D eigenvalue weighted by atomic mass is 10.2. The Morgan fingerprint density at radius 2 is 2.05 bits per heavy atom. The Bertz CT molecular complexity index is 531. The molecule has 1 N–H and O–H groups in total. The summed E-state index contributed by atoms with van der Waals surface area (Å²) in [5.74, 6) is -4.09. The molecule has 0 amide bonds. The molecule has 110 valence electrons. The molecule has 0 spiro atoms. The highest BCUT2D eigenvalue weighted by Gasteiger charge is 2.43. The molecule has 1 unspecified atom stereocenters. The molecule has 0 radical (unpaired) electrons. The van der Waals surface area contributed by atoms with Crippen LogP contribution in [0.2, 0.25) is 0 Å². The summed E-state index contributed by atoms with van der Waals surface area (Å²) in [6.45, 7) is 0. The van der Waals surface area contributed by atoms with Crippen molar-refractivity contribution in [2.45, 2.75) is 18.7 Å². The van der Waals surface area contributed by atoms with Crippen LogP contribution in [-0.2, 0) is 4.79 Å². The molecular weight excluding hydrogens is 290 g/mol. The van der Waals surface area contributed by atoms with E-state index in [2.05, 4.69) is 4.74 Å². The molecule has 1 atom stereocenters. The second kappa shape index (κ2) is 5.72. The minimum absolute atomic E-state index is 0.379. The predicted octanol–water partition coefficient (Wildman–Crippen LogP) is 2.52. The second-order valence-electron chi connectivity index (χ2n) is 3.62. The number of nitrogens with zero attached hydrogens (tertiary/aromatic N) is 1. The number of aliphatic carboxylic acids is 1. The number of carbonyl (C=O) groups is 1. The van der Waals surface area contributed by atoms with Gasteiger partial charge in [-0.05, 0) is 6.07 Å². The van der Waals surface area contributed by atoms with Crippen LogP contribution in [0, 0.1) is 15.9 Å². The first-order valence-electron chi connectivity index (χ1n) is 5.00. The third-order valence-corrected chi connectivity index (χ3v) is 2.12. The number of nitro benzene ring substituents is 1. The topological polar surface area (TPSA) is 89.7 Å². The summed E-state index contributed by atoms with van der Waals surface area (Å²) in [5.41, 5.74) is -0.670. The highest BCUT2D eigenvalue weighted by Crippen LogP contribution is 2.30. The molecule has 10 heteroatoms. The average molecular weight is 297 g/mol. The molecule has 0 heterocycles. The van der Waals surface area contributed by atoms with Crippen LogP contribution >= 0.6 is 0 Å². The van der Waals surface area contributed by atoms with E-state index in [0.29, 0.717) is 12.1 Å². The van der Waals surface area contributed by atoms with Crippen molar-refractivity contribution >= 4 is 11.7 Å².